The Morgan fingerprint density at radius 2 is 1.92 bits per heavy atom. The number of aliphatic hydroxyl groups is 1. The number of amides is 1. The van der Waals surface area contributed by atoms with Crippen LogP contribution in [0.25, 0.3) is 0 Å². The lowest BCUT2D eigenvalue weighted by Crippen LogP contribution is -2.49. The van der Waals surface area contributed by atoms with Crippen molar-refractivity contribution in [2.75, 3.05) is 40.3 Å². The van der Waals surface area contributed by atoms with Gasteiger partial charge in [0.1, 0.15) is 0 Å². The van der Waals surface area contributed by atoms with Crippen LogP contribution in [-0.2, 0) is 9.59 Å². The molecule has 1 saturated heterocycles. The molecule has 1 amide bonds. The van der Waals surface area contributed by atoms with Crippen LogP contribution in [0.3, 0.4) is 0 Å². The summed E-state index contributed by atoms with van der Waals surface area (Å²) < 4.78 is 0. The average Bonchev–Trinajstić information content (AvgIpc) is 3.32. The molecule has 0 aromatic heterocycles. The van der Waals surface area contributed by atoms with E-state index in [2.05, 4.69) is 30.8 Å². The molecule has 0 bridgehead atoms. The van der Waals surface area contributed by atoms with E-state index in [9.17, 15) is 9.90 Å². The van der Waals surface area contributed by atoms with Crippen molar-refractivity contribution < 1.29 is 19.8 Å². The van der Waals surface area contributed by atoms with Gasteiger partial charge >= 0.3 is 0 Å². The van der Waals surface area contributed by atoms with Gasteiger partial charge in [-0.2, -0.15) is 0 Å². The van der Waals surface area contributed by atoms with Crippen molar-refractivity contribution in [2.24, 2.45) is 17.3 Å². The highest BCUT2D eigenvalue weighted by Gasteiger charge is 2.45. The molecule has 2 rings (SSSR count). The van der Waals surface area contributed by atoms with Gasteiger partial charge in [0.2, 0.25) is 5.91 Å². The van der Waals surface area contributed by atoms with Crippen molar-refractivity contribution in [3.05, 3.63) is 0 Å². The van der Waals surface area contributed by atoms with Crippen molar-refractivity contribution in [3.8, 4) is 0 Å². The van der Waals surface area contributed by atoms with E-state index in [1.54, 1.807) is 0 Å². The van der Waals surface area contributed by atoms with E-state index in [1.165, 1.54) is 19.3 Å². The van der Waals surface area contributed by atoms with E-state index < -0.39 is 0 Å². The fourth-order valence-electron chi connectivity index (χ4n) is 3.81. The number of nitrogens with zero attached hydrogens (tertiary/aromatic N) is 2. The zero-order valence-corrected chi connectivity index (χ0v) is 15.4. The molecule has 2 fully saturated rings. The molecular formula is C18H34N2O4. The Kier molecular flexibility index (Phi) is 8.70. The molecule has 0 radical (unpaired) electrons. The predicted octanol–water partition coefficient (Wildman–Crippen LogP) is 1.68. The van der Waals surface area contributed by atoms with Crippen molar-refractivity contribution >= 4 is 12.4 Å². The van der Waals surface area contributed by atoms with Crippen LogP contribution >= 0.6 is 0 Å². The maximum absolute atomic E-state index is 12.5. The number of hydrogen-bond donors (Lipinski definition) is 2. The number of piperidine rings is 1. The summed E-state index contributed by atoms with van der Waals surface area (Å²) in [6.45, 7) is 4.75. The van der Waals surface area contributed by atoms with Gasteiger partial charge in [-0.25, -0.2) is 0 Å². The molecule has 24 heavy (non-hydrogen) atoms. The molecule has 2 N–H and O–H groups in total. The molecular weight excluding hydrogens is 308 g/mol. The first-order valence-corrected chi connectivity index (χ1v) is 9.05. The lowest BCUT2D eigenvalue weighted by molar-refractivity contribution is -0.136. The molecule has 6 nitrogen and oxygen atoms in total. The van der Waals surface area contributed by atoms with Crippen molar-refractivity contribution in [3.63, 3.8) is 0 Å². The summed E-state index contributed by atoms with van der Waals surface area (Å²) in [6, 6.07) is 0. The smallest absolute Gasteiger partial charge is 0.290 e. The molecule has 1 heterocycles. The highest BCUT2D eigenvalue weighted by atomic mass is 16.3. The molecule has 2 aliphatic rings. The van der Waals surface area contributed by atoms with E-state index >= 15 is 0 Å². The predicted molar refractivity (Wildman–Crippen MR) is 93.7 cm³/mol. The van der Waals surface area contributed by atoms with Crippen LogP contribution in [0.4, 0.5) is 0 Å². The van der Waals surface area contributed by atoms with Crippen molar-refractivity contribution in [1.82, 2.24) is 9.80 Å². The van der Waals surface area contributed by atoms with Crippen LogP contribution in [0, 0.1) is 17.3 Å². The van der Waals surface area contributed by atoms with Gasteiger partial charge < -0.3 is 20.0 Å². The normalized spacial score (nSPS) is 25.0. The Labute approximate surface area is 145 Å². The molecule has 140 valence electrons. The number of unbranched alkanes of at least 4 members (excludes halogenated alkanes) is 1. The fourth-order valence-corrected chi connectivity index (χ4v) is 3.81. The van der Waals surface area contributed by atoms with E-state index in [1.807, 2.05) is 0 Å². The van der Waals surface area contributed by atoms with Gasteiger partial charge in [-0.15, -0.1) is 0 Å². The maximum Gasteiger partial charge on any atom is 0.290 e. The Morgan fingerprint density at radius 3 is 2.38 bits per heavy atom. The highest BCUT2D eigenvalue weighted by molar-refractivity contribution is 5.81. The summed E-state index contributed by atoms with van der Waals surface area (Å²) in [5.74, 6) is 1.35. The summed E-state index contributed by atoms with van der Waals surface area (Å²) in [5, 5.41) is 16.6. The molecule has 6 heteroatoms. The monoisotopic (exact) mass is 342 g/mol. The number of hydrogen-bond acceptors (Lipinski definition) is 4. The SMILES string of the molecule is CCCC[C@@H]1C[C@@H]1C(=O)N1CCC(CO)(CN(C)C)CC1.O=CO. The van der Waals surface area contributed by atoms with Gasteiger partial charge in [0, 0.05) is 31.0 Å². The Morgan fingerprint density at radius 1 is 1.33 bits per heavy atom. The molecule has 1 aliphatic heterocycles. The van der Waals surface area contributed by atoms with Crippen molar-refractivity contribution in [1.29, 1.82) is 0 Å². The topological polar surface area (TPSA) is 81.1 Å². The van der Waals surface area contributed by atoms with Gasteiger partial charge in [0.25, 0.3) is 6.47 Å². The molecule has 0 aromatic rings. The molecule has 0 spiro atoms. The van der Waals surface area contributed by atoms with Crippen LogP contribution < -0.4 is 0 Å². The lowest BCUT2D eigenvalue weighted by atomic mass is 9.78. The maximum atomic E-state index is 12.5. The second-order valence-corrected chi connectivity index (χ2v) is 7.57. The van der Waals surface area contributed by atoms with E-state index in [0.717, 1.165) is 38.9 Å². The van der Waals surface area contributed by atoms with Crippen LogP contribution in [0.2, 0.25) is 0 Å². The van der Waals surface area contributed by atoms with Crippen LogP contribution in [0.5, 0.6) is 0 Å². The highest BCUT2D eigenvalue weighted by Crippen LogP contribution is 2.44. The first kappa shape index (κ1) is 20.9. The minimum Gasteiger partial charge on any atom is -0.483 e. The molecule has 0 aromatic carbocycles. The summed E-state index contributed by atoms with van der Waals surface area (Å²) in [4.78, 5) is 25.1. The first-order chi connectivity index (χ1) is 11.4. The minimum atomic E-state index is -0.250. The number of rotatable bonds is 7. The Hall–Kier alpha value is -1.14. The number of carbonyl (C=O) groups is 2. The summed E-state index contributed by atoms with van der Waals surface area (Å²) in [7, 11) is 4.11. The zero-order chi connectivity index (χ0) is 18.2. The van der Waals surface area contributed by atoms with Crippen molar-refractivity contribution in [2.45, 2.75) is 45.4 Å². The molecule has 0 unspecified atom stereocenters. The van der Waals surface area contributed by atoms with Gasteiger partial charge in [-0.05, 0) is 45.7 Å². The molecule has 1 saturated carbocycles. The standard InChI is InChI=1S/C17H32N2O2.CH2O2/c1-4-5-6-14-11-15(14)16(21)19-9-7-17(13-20,8-10-19)12-18(2)3;2-1-3/h14-15,20H,4-13H2,1-3H3;1H,(H,2,3)/t14-,15+;/m1./s1. The van der Waals surface area contributed by atoms with E-state index in [0.29, 0.717) is 17.7 Å². The lowest BCUT2D eigenvalue weighted by Gasteiger charge is -2.42. The largest absolute Gasteiger partial charge is 0.483 e. The van der Waals surface area contributed by atoms with Crippen LogP contribution in [-0.4, -0.2) is 72.7 Å². The molecule has 2 atom stereocenters. The number of carboxylic acid groups (broad SMARTS) is 1. The van der Waals surface area contributed by atoms with E-state index in [4.69, 9.17) is 9.90 Å². The number of carbonyl (C=O) groups excluding carboxylic acids is 1. The van der Waals surface area contributed by atoms with Crippen LogP contribution in [0.15, 0.2) is 0 Å². The Balaban J connectivity index is 0.000000891. The first-order valence-electron chi connectivity index (χ1n) is 9.05. The van der Waals surface area contributed by atoms with Crippen LogP contribution in [0.1, 0.15) is 45.4 Å². The minimum absolute atomic E-state index is 0.00849. The zero-order valence-electron chi connectivity index (χ0n) is 15.4. The van der Waals surface area contributed by atoms with Gasteiger partial charge in [0.05, 0.1) is 6.61 Å². The third-order valence-corrected chi connectivity index (χ3v) is 5.29. The number of likely N-dealkylation sites (tertiary alicyclic amines) is 1. The van der Waals surface area contributed by atoms with E-state index in [-0.39, 0.29) is 18.5 Å². The second kappa shape index (κ2) is 9.99. The fraction of sp³-hybridized carbons (Fsp3) is 0.889. The van der Waals surface area contributed by atoms with Gasteiger partial charge in [0.15, 0.2) is 0 Å². The number of aliphatic hydroxyl groups excluding tert-OH is 1. The summed E-state index contributed by atoms with van der Waals surface area (Å²) in [5.41, 5.74) is -0.00849. The third-order valence-electron chi connectivity index (χ3n) is 5.29. The van der Waals surface area contributed by atoms with Gasteiger partial charge in [-0.1, -0.05) is 19.8 Å². The second-order valence-electron chi connectivity index (χ2n) is 7.57. The summed E-state index contributed by atoms with van der Waals surface area (Å²) >= 11 is 0. The quantitative estimate of drug-likeness (QED) is 0.688. The summed E-state index contributed by atoms with van der Waals surface area (Å²) in [6.07, 6.45) is 6.68. The Bertz CT molecular complexity index is 392. The average molecular weight is 342 g/mol. The third kappa shape index (κ3) is 6.06. The van der Waals surface area contributed by atoms with Gasteiger partial charge in [-0.3, -0.25) is 9.59 Å². The molecule has 1 aliphatic carbocycles.